The van der Waals surface area contributed by atoms with Crippen molar-refractivity contribution in [3.8, 4) is 11.4 Å². The molecule has 0 aliphatic rings. The number of hydrogen-bond donors (Lipinski definition) is 1. The second-order valence-corrected chi connectivity index (χ2v) is 10.6. The van der Waals surface area contributed by atoms with Gasteiger partial charge in [0, 0.05) is 26.7 Å². The van der Waals surface area contributed by atoms with E-state index in [4.69, 9.17) is 4.74 Å². The fraction of sp³-hybridized carbons (Fsp3) is 0.455. The molecule has 0 saturated carbocycles. The van der Waals surface area contributed by atoms with Crippen LogP contribution < -0.4 is 5.32 Å². The molecule has 32 heavy (non-hydrogen) atoms. The molecule has 0 aromatic carbocycles. The smallest absolute Gasteiger partial charge is 0.341 e. The monoisotopic (exact) mass is 492 g/mol. The first-order chi connectivity index (χ1) is 15.3. The second-order valence-electron chi connectivity index (χ2n) is 7.47. The largest absolute Gasteiger partial charge is 0.462 e. The SMILES string of the molecule is CCOC(=O)c1cc(CC)sc1NC(=O)CSc1nnc(-c2csc(C)c2C)n1C(C)C. The summed E-state index contributed by atoms with van der Waals surface area (Å²) < 4.78 is 7.19. The summed E-state index contributed by atoms with van der Waals surface area (Å²) in [6.07, 6.45) is 0.781. The Bertz CT molecular complexity index is 1110. The normalized spacial score (nSPS) is 11.2. The Morgan fingerprint density at radius 3 is 2.59 bits per heavy atom. The number of anilines is 1. The summed E-state index contributed by atoms with van der Waals surface area (Å²) in [4.78, 5) is 27.2. The minimum Gasteiger partial charge on any atom is -0.462 e. The number of aromatic nitrogens is 3. The number of carbonyl (C=O) groups excluding carboxylic acids is 2. The van der Waals surface area contributed by atoms with Crippen molar-refractivity contribution in [2.45, 2.75) is 59.2 Å². The van der Waals surface area contributed by atoms with E-state index in [0.29, 0.717) is 15.7 Å². The number of hydrogen-bond acceptors (Lipinski definition) is 8. The summed E-state index contributed by atoms with van der Waals surface area (Å²) >= 11 is 4.44. The van der Waals surface area contributed by atoms with Gasteiger partial charge in [0.05, 0.1) is 17.9 Å². The lowest BCUT2D eigenvalue weighted by atomic mass is 10.1. The number of aryl methyl sites for hydroxylation is 2. The number of rotatable bonds is 9. The standard InChI is InChI=1S/C22H28N4O3S3/c1-7-15-9-16(21(28)29-8-2)20(32-15)23-18(27)11-31-22-25-24-19(26(22)12(3)4)17-10-30-14(6)13(17)5/h9-10,12H,7-8,11H2,1-6H3,(H,23,27). The maximum absolute atomic E-state index is 12.7. The van der Waals surface area contributed by atoms with E-state index in [1.165, 1.54) is 33.5 Å². The van der Waals surface area contributed by atoms with Crippen molar-refractivity contribution in [3.05, 3.63) is 32.3 Å². The van der Waals surface area contributed by atoms with Crippen LogP contribution in [0.15, 0.2) is 16.6 Å². The molecule has 7 nitrogen and oxygen atoms in total. The zero-order chi connectivity index (χ0) is 23.4. The quantitative estimate of drug-likeness (QED) is 0.303. The van der Waals surface area contributed by atoms with Crippen molar-refractivity contribution < 1.29 is 14.3 Å². The van der Waals surface area contributed by atoms with E-state index < -0.39 is 5.97 Å². The molecule has 172 valence electrons. The van der Waals surface area contributed by atoms with Crippen molar-refractivity contribution >= 4 is 51.3 Å². The molecule has 0 aliphatic carbocycles. The van der Waals surface area contributed by atoms with Gasteiger partial charge >= 0.3 is 5.97 Å². The number of ether oxygens (including phenoxy) is 1. The van der Waals surface area contributed by atoms with Gasteiger partial charge in [-0.3, -0.25) is 9.36 Å². The van der Waals surface area contributed by atoms with Crippen molar-refractivity contribution in [1.82, 2.24) is 14.8 Å². The molecule has 1 N–H and O–H groups in total. The van der Waals surface area contributed by atoms with E-state index >= 15 is 0 Å². The van der Waals surface area contributed by atoms with E-state index in [1.54, 1.807) is 24.3 Å². The molecule has 0 unspecified atom stereocenters. The summed E-state index contributed by atoms with van der Waals surface area (Å²) in [6, 6.07) is 1.93. The van der Waals surface area contributed by atoms with Crippen LogP contribution in [0.5, 0.6) is 0 Å². The van der Waals surface area contributed by atoms with Crippen LogP contribution in [-0.2, 0) is 16.0 Å². The number of carbonyl (C=O) groups is 2. The Kier molecular flexibility index (Phi) is 8.13. The minimum atomic E-state index is -0.419. The Morgan fingerprint density at radius 2 is 2.00 bits per heavy atom. The summed E-state index contributed by atoms with van der Waals surface area (Å²) in [5.74, 6) is 0.360. The van der Waals surface area contributed by atoms with Gasteiger partial charge in [-0.15, -0.1) is 32.9 Å². The minimum absolute atomic E-state index is 0.144. The van der Waals surface area contributed by atoms with E-state index in [9.17, 15) is 9.59 Å². The molecule has 0 aliphatic heterocycles. The topological polar surface area (TPSA) is 86.1 Å². The number of thiophene rings is 2. The molecule has 3 heterocycles. The van der Waals surface area contributed by atoms with Crippen LogP contribution in [0.1, 0.15) is 59.4 Å². The lowest BCUT2D eigenvalue weighted by Crippen LogP contribution is -2.16. The van der Waals surface area contributed by atoms with Crippen molar-refractivity contribution in [3.63, 3.8) is 0 Å². The van der Waals surface area contributed by atoms with Crippen molar-refractivity contribution in [2.75, 3.05) is 17.7 Å². The van der Waals surface area contributed by atoms with Gasteiger partial charge in [0.1, 0.15) is 5.00 Å². The molecular formula is C22H28N4O3S3. The van der Waals surface area contributed by atoms with Gasteiger partial charge in [0.25, 0.3) is 0 Å². The van der Waals surface area contributed by atoms with E-state index in [1.807, 2.05) is 6.92 Å². The van der Waals surface area contributed by atoms with Gasteiger partial charge in [-0.05, 0) is 52.7 Å². The van der Waals surface area contributed by atoms with Gasteiger partial charge in [0.2, 0.25) is 5.91 Å². The highest BCUT2D eigenvalue weighted by molar-refractivity contribution is 7.99. The van der Waals surface area contributed by atoms with Crippen molar-refractivity contribution in [2.24, 2.45) is 0 Å². The van der Waals surface area contributed by atoms with Crippen LogP contribution in [-0.4, -0.2) is 39.0 Å². The third-order valence-corrected chi connectivity index (χ3v) is 8.07. The molecule has 0 saturated heterocycles. The third kappa shape index (κ3) is 5.24. The Hall–Kier alpha value is -2.17. The van der Waals surface area contributed by atoms with Crippen LogP contribution in [0.4, 0.5) is 5.00 Å². The molecule has 1 amide bonds. The van der Waals surface area contributed by atoms with E-state index in [0.717, 1.165) is 22.7 Å². The van der Waals surface area contributed by atoms with Crippen LogP contribution in [0.3, 0.4) is 0 Å². The number of amides is 1. The summed E-state index contributed by atoms with van der Waals surface area (Å²) in [6.45, 7) is 12.4. The molecule has 10 heteroatoms. The molecule has 3 rings (SSSR count). The number of nitrogens with zero attached hydrogens (tertiary/aromatic N) is 3. The van der Waals surface area contributed by atoms with Gasteiger partial charge in [-0.25, -0.2) is 4.79 Å². The molecule has 3 aromatic rings. The first-order valence-electron chi connectivity index (χ1n) is 10.5. The van der Waals surface area contributed by atoms with E-state index in [2.05, 4.69) is 53.2 Å². The van der Waals surface area contributed by atoms with Crippen LogP contribution >= 0.6 is 34.4 Å². The summed E-state index contributed by atoms with van der Waals surface area (Å²) in [5.41, 5.74) is 2.69. The number of thioether (sulfide) groups is 1. The molecular weight excluding hydrogens is 464 g/mol. The number of esters is 1. The van der Waals surface area contributed by atoms with Gasteiger partial charge in [-0.2, -0.15) is 0 Å². The first-order valence-corrected chi connectivity index (χ1v) is 13.2. The average Bonchev–Trinajstić information content (AvgIpc) is 3.44. The van der Waals surface area contributed by atoms with Gasteiger partial charge in [0.15, 0.2) is 11.0 Å². The van der Waals surface area contributed by atoms with E-state index in [-0.39, 0.29) is 24.3 Å². The van der Waals surface area contributed by atoms with Crippen LogP contribution in [0.25, 0.3) is 11.4 Å². The molecule has 0 atom stereocenters. The van der Waals surface area contributed by atoms with Crippen molar-refractivity contribution in [1.29, 1.82) is 0 Å². The highest BCUT2D eigenvalue weighted by atomic mass is 32.2. The highest BCUT2D eigenvalue weighted by Crippen LogP contribution is 2.34. The lowest BCUT2D eigenvalue weighted by Gasteiger charge is -2.13. The summed E-state index contributed by atoms with van der Waals surface area (Å²) in [7, 11) is 0. The molecule has 0 spiro atoms. The second kappa shape index (κ2) is 10.6. The fourth-order valence-corrected chi connectivity index (χ4v) is 5.85. The molecule has 0 fully saturated rings. The third-order valence-electron chi connectivity index (χ3n) is 4.92. The molecule has 3 aromatic heterocycles. The predicted octanol–water partition coefficient (Wildman–Crippen LogP) is 5.74. The zero-order valence-electron chi connectivity index (χ0n) is 19.1. The van der Waals surface area contributed by atoms with Crippen LogP contribution in [0.2, 0.25) is 0 Å². The van der Waals surface area contributed by atoms with Gasteiger partial charge in [-0.1, -0.05) is 18.7 Å². The van der Waals surface area contributed by atoms with Gasteiger partial charge < -0.3 is 10.1 Å². The molecule has 0 bridgehead atoms. The predicted molar refractivity (Wildman–Crippen MR) is 132 cm³/mol. The Morgan fingerprint density at radius 1 is 1.25 bits per heavy atom. The van der Waals surface area contributed by atoms with Crippen LogP contribution in [0, 0.1) is 13.8 Å². The Balaban J connectivity index is 1.75. The lowest BCUT2D eigenvalue weighted by molar-refractivity contribution is -0.113. The maximum Gasteiger partial charge on any atom is 0.341 e. The Labute approximate surface area is 200 Å². The maximum atomic E-state index is 12.7. The highest BCUT2D eigenvalue weighted by Gasteiger charge is 2.22. The molecule has 0 radical (unpaired) electrons. The summed E-state index contributed by atoms with van der Waals surface area (Å²) in [5, 5.41) is 15.0. The first kappa shape index (κ1) is 24.5. The average molecular weight is 493 g/mol. The fourth-order valence-electron chi connectivity index (χ4n) is 3.12. The number of nitrogens with one attached hydrogen (secondary N) is 1. The zero-order valence-corrected chi connectivity index (χ0v) is 21.6.